The van der Waals surface area contributed by atoms with Crippen LogP contribution in [0, 0.1) is 17.8 Å². The highest BCUT2D eigenvalue weighted by molar-refractivity contribution is 9.10. The van der Waals surface area contributed by atoms with Crippen LogP contribution in [0.5, 0.6) is 5.75 Å². The topological polar surface area (TPSA) is 24.8 Å². The molecule has 2 aromatic rings. The van der Waals surface area contributed by atoms with Gasteiger partial charge in [-0.15, -0.1) is 0 Å². The fourth-order valence-corrected chi connectivity index (χ4v) is 6.61. The third kappa shape index (κ3) is 2.06. The van der Waals surface area contributed by atoms with Crippen LogP contribution in [-0.2, 0) is 0 Å². The fourth-order valence-electron chi connectivity index (χ4n) is 6.23. The summed E-state index contributed by atoms with van der Waals surface area (Å²) in [7, 11) is 2.27. The van der Waals surface area contributed by atoms with Crippen LogP contribution < -0.4 is 4.74 Å². The number of nitrogens with zero attached hydrogens (tertiary/aromatic N) is 2. The van der Waals surface area contributed by atoms with Crippen LogP contribution in [0.2, 0.25) is 0 Å². The van der Waals surface area contributed by atoms with Crippen molar-refractivity contribution < 1.29 is 4.74 Å². The molecule has 3 atom stereocenters. The zero-order valence-corrected chi connectivity index (χ0v) is 16.6. The third-order valence-electron chi connectivity index (χ3n) is 7.37. The number of aliphatic imine (C=N–C) groups is 1. The molecule has 3 heterocycles. The number of ether oxygens (including phenoxy) is 1. The first kappa shape index (κ1) is 15.6. The molecule has 2 aromatic carbocycles. The van der Waals surface area contributed by atoms with E-state index in [4.69, 9.17) is 9.73 Å². The molecule has 2 saturated carbocycles. The van der Waals surface area contributed by atoms with Crippen LogP contribution in [0.1, 0.15) is 32.1 Å². The molecule has 0 N–H and O–H groups in total. The minimum Gasteiger partial charge on any atom is -0.465 e. The van der Waals surface area contributed by atoms with E-state index in [9.17, 15) is 0 Å². The average Bonchev–Trinajstić information content (AvgIpc) is 2.75. The van der Waals surface area contributed by atoms with Crippen molar-refractivity contribution >= 4 is 38.6 Å². The van der Waals surface area contributed by atoms with E-state index in [1.54, 1.807) is 0 Å². The van der Waals surface area contributed by atoms with Gasteiger partial charge in [0, 0.05) is 21.8 Å². The molecule has 2 aliphatic carbocycles. The quantitative estimate of drug-likeness (QED) is 0.569. The molecule has 134 valence electrons. The molecular formula is C22H23BrN2O. The Balaban J connectivity index is 1.49. The lowest BCUT2D eigenvalue weighted by Gasteiger charge is -2.45. The Labute approximate surface area is 162 Å². The van der Waals surface area contributed by atoms with Crippen molar-refractivity contribution in [2.45, 2.75) is 43.9 Å². The minimum absolute atomic E-state index is 0.357. The first-order valence-corrected chi connectivity index (χ1v) is 10.6. The van der Waals surface area contributed by atoms with Crippen LogP contribution in [-0.4, -0.2) is 29.9 Å². The monoisotopic (exact) mass is 410 g/mol. The van der Waals surface area contributed by atoms with Crippen molar-refractivity contribution in [1.29, 1.82) is 0 Å². The van der Waals surface area contributed by atoms with E-state index in [0.717, 1.165) is 27.7 Å². The van der Waals surface area contributed by atoms with Crippen LogP contribution in [0.15, 0.2) is 39.8 Å². The van der Waals surface area contributed by atoms with Crippen LogP contribution in [0.4, 0.5) is 5.69 Å². The number of benzene rings is 2. The molecule has 0 aromatic heterocycles. The van der Waals surface area contributed by atoms with Crippen molar-refractivity contribution in [2.75, 3.05) is 7.05 Å². The van der Waals surface area contributed by atoms with Gasteiger partial charge in [-0.2, -0.15) is 0 Å². The Morgan fingerprint density at radius 1 is 1.08 bits per heavy atom. The maximum Gasteiger partial charge on any atom is 0.202 e. The SMILES string of the molecule is CN1C2CC3CC(C2)CC(C3)C12C=Nc1c(ccc3cc(Br)ccc13)O2. The highest BCUT2D eigenvalue weighted by Crippen LogP contribution is 2.55. The lowest BCUT2D eigenvalue weighted by molar-refractivity contribution is -0.0623. The predicted octanol–water partition coefficient (Wildman–Crippen LogP) is 5.53. The molecule has 1 spiro atoms. The van der Waals surface area contributed by atoms with Gasteiger partial charge in [0.1, 0.15) is 11.4 Å². The van der Waals surface area contributed by atoms with Gasteiger partial charge in [0.05, 0.1) is 6.21 Å². The van der Waals surface area contributed by atoms with Gasteiger partial charge in [-0.3, -0.25) is 9.89 Å². The lowest BCUT2D eigenvalue weighted by atomic mass is 9.67. The Morgan fingerprint density at radius 3 is 2.69 bits per heavy atom. The molecule has 3 nitrogen and oxygen atoms in total. The first-order valence-electron chi connectivity index (χ1n) is 9.82. The number of rotatable bonds is 0. The summed E-state index contributed by atoms with van der Waals surface area (Å²) in [5.41, 5.74) is 0.628. The predicted molar refractivity (Wildman–Crippen MR) is 108 cm³/mol. The second kappa shape index (κ2) is 5.32. The summed E-state index contributed by atoms with van der Waals surface area (Å²) in [4.78, 5) is 7.54. The van der Waals surface area contributed by atoms with E-state index in [2.05, 4.69) is 64.4 Å². The van der Waals surface area contributed by atoms with Gasteiger partial charge in [0.2, 0.25) is 5.72 Å². The molecule has 0 amide bonds. The molecule has 5 aliphatic rings. The van der Waals surface area contributed by atoms with E-state index in [1.807, 2.05) is 0 Å². The highest BCUT2D eigenvalue weighted by Gasteiger charge is 2.56. The molecule has 0 radical (unpaired) electrons. The van der Waals surface area contributed by atoms with Crippen molar-refractivity contribution in [3.8, 4) is 5.75 Å². The van der Waals surface area contributed by atoms with Crippen molar-refractivity contribution in [1.82, 2.24) is 4.90 Å². The largest absolute Gasteiger partial charge is 0.465 e. The van der Waals surface area contributed by atoms with Crippen LogP contribution in [0.3, 0.4) is 0 Å². The second-order valence-corrected chi connectivity index (χ2v) is 9.68. The third-order valence-corrected chi connectivity index (χ3v) is 7.86. The van der Waals surface area contributed by atoms with E-state index >= 15 is 0 Å². The van der Waals surface area contributed by atoms with Crippen LogP contribution in [0.25, 0.3) is 10.8 Å². The lowest BCUT2D eigenvalue weighted by Crippen LogP contribution is -2.59. The van der Waals surface area contributed by atoms with Gasteiger partial charge >= 0.3 is 0 Å². The molecule has 3 aliphatic heterocycles. The Morgan fingerprint density at radius 2 is 1.88 bits per heavy atom. The zero-order chi connectivity index (χ0) is 17.5. The van der Waals surface area contributed by atoms with E-state index < -0.39 is 0 Å². The summed E-state index contributed by atoms with van der Waals surface area (Å²) in [6, 6.07) is 11.3. The zero-order valence-electron chi connectivity index (χ0n) is 15.0. The first-order chi connectivity index (χ1) is 12.6. The number of fused-ring (bicyclic) bond motifs is 3. The maximum absolute atomic E-state index is 6.84. The van der Waals surface area contributed by atoms with E-state index in [-0.39, 0.29) is 5.72 Å². The molecule has 3 unspecified atom stereocenters. The number of halogens is 1. The van der Waals surface area contributed by atoms with Gasteiger partial charge in [-0.25, -0.2) is 0 Å². The highest BCUT2D eigenvalue weighted by atomic mass is 79.9. The van der Waals surface area contributed by atoms with Gasteiger partial charge in [0.25, 0.3) is 0 Å². The summed E-state index contributed by atoms with van der Waals surface area (Å²) in [5, 5.41) is 2.36. The summed E-state index contributed by atoms with van der Waals surface area (Å²) in [5.74, 6) is 3.26. The smallest absolute Gasteiger partial charge is 0.202 e. The average molecular weight is 411 g/mol. The molecule has 4 bridgehead atoms. The molecule has 26 heavy (non-hydrogen) atoms. The molecule has 4 heteroatoms. The second-order valence-electron chi connectivity index (χ2n) is 8.76. The minimum atomic E-state index is -0.357. The molecule has 2 saturated heterocycles. The summed E-state index contributed by atoms with van der Waals surface area (Å²) in [6.45, 7) is 0. The summed E-state index contributed by atoms with van der Waals surface area (Å²) >= 11 is 3.57. The van der Waals surface area contributed by atoms with Crippen molar-refractivity contribution in [3.05, 3.63) is 34.8 Å². The number of hydrogen-bond acceptors (Lipinski definition) is 3. The standard InChI is InChI=1S/C22H23BrN2O/c1-25-18-9-13-6-14(10-18)8-16(7-13)22(25)12-24-21-19-4-3-17(23)11-15(19)2-5-20(21)26-22/h2-5,11-14,16,18H,6-10H2,1H3. The van der Waals surface area contributed by atoms with E-state index in [1.165, 1.54) is 42.9 Å². The van der Waals surface area contributed by atoms with Crippen LogP contribution >= 0.6 is 15.9 Å². The molecular weight excluding hydrogens is 388 g/mol. The van der Waals surface area contributed by atoms with Crippen molar-refractivity contribution in [3.63, 3.8) is 0 Å². The van der Waals surface area contributed by atoms with Gasteiger partial charge in [-0.05, 0) is 74.6 Å². The van der Waals surface area contributed by atoms with Gasteiger partial charge < -0.3 is 4.74 Å². The van der Waals surface area contributed by atoms with Crippen molar-refractivity contribution in [2.24, 2.45) is 22.7 Å². The number of hydrogen-bond donors (Lipinski definition) is 0. The van der Waals surface area contributed by atoms with Gasteiger partial charge in [0.15, 0.2) is 0 Å². The summed E-state index contributed by atoms with van der Waals surface area (Å²) in [6.07, 6.45) is 8.83. The molecule has 7 rings (SSSR count). The van der Waals surface area contributed by atoms with Gasteiger partial charge in [-0.1, -0.05) is 28.1 Å². The van der Waals surface area contributed by atoms with E-state index in [0.29, 0.717) is 12.0 Å². The molecule has 4 fully saturated rings. The normalized spacial score (nSPS) is 37.8. The fraction of sp³-hybridized carbons (Fsp3) is 0.500. The maximum atomic E-state index is 6.84. The summed E-state index contributed by atoms with van der Waals surface area (Å²) < 4.78 is 7.93. The Kier molecular flexibility index (Phi) is 3.20. The Hall–Kier alpha value is -1.39. The Bertz CT molecular complexity index is 927.